The molecule has 0 unspecified atom stereocenters. The number of benzene rings is 2. The van der Waals surface area contributed by atoms with Gasteiger partial charge in [0.1, 0.15) is 10.6 Å². The average Bonchev–Trinajstić information content (AvgIpc) is 2.60. The number of ether oxygens (including phenoxy) is 1. The molecule has 2 aromatic rings. The van der Waals surface area contributed by atoms with E-state index in [1.165, 1.54) is 28.6 Å². The molecule has 7 nitrogen and oxygen atoms in total. The second-order valence-electron chi connectivity index (χ2n) is 5.42. The molecule has 0 saturated carbocycles. The average molecular weight is 349 g/mol. The van der Waals surface area contributed by atoms with Crippen molar-refractivity contribution < 1.29 is 18.4 Å². The Labute approximate surface area is 140 Å². The van der Waals surface area contributed by atoms with E-state index in [1.54, 1.807) is 19.2 Å². The highest BCUT2D eigenvalue weighted by atomic mass is 32.2. The molecule has 0 bridgehead atoms. The highest BCUT2D eigenvalue weighted by Gasteiger charge is 2.31. The lowest BCUT2D eigenvalue weighted by Gasteiger charge is -2.32. The minimum atomic E-state index is -3.98. The fourth-order valence-corrected chi connectivity index (χ4v) is 4.57. The molecule has 1 aliphatic rings. The molecule has 0 aromatic heterocycles. The van der Waals surface area contributed by atoms with E-state index in [0.29, 0.717) is 24.4 Å². The minimum absolute atomic E-state index is 0.230. The van der Waals surface area contributed by atoms with E-state index in [-0.39, 0.29) is 10.6 Å². The van der Waals surface area contributed by atoms with Crippen LogP contribution >= 0.6 is 0 Å². The molecule has 1 heterocycles. The van der Waals surface area contributed by atoms with Crippen LogP contribution in [0.15, 0.2) is 47.4 Å². The van der Waals surface area contributed by atoms with Crippen LogP contribution in [-0.2, 0) is 16.4 Å². The molecule has 3 rings (SSSR count). The van der Waals surface area contributed by atoms with E-state index < -0.39 is 15.2 Å². The van der Waals surface area contributed by atoms with E-state index in [9.17, 15) is 18.8 Å². The number of hydrogen-bond donors (Lipinski definition) is 1. The Bertz CT molecular complexity index is 851. The topological polar surface area (TPSA) is 93.1 Å². The first-order chi connectivity index (χ1) is 11.4. The number of hydrogen-bond acceptors (Lipinski definition) is 6. The third-order valence-electron chi connectivity index (χ3n) is 4.00. The fourth-order valence-electron chi connectivity index (χ4n) is 2.87. The molecule has 0 fully saturated rings. The van der Waals surface area contributed by atoms with Gasteiger partial charge >= 0.3 is 0 Å². The number of rotatable bonds is 4. The lowest BCUT2D eigenvalue weighted by Crippen LogP contribution is -2.36. The maximum absolute atomic E-state index is 13.0. The minimum Gasteiger partial charge on any atom is -0.733 e. The predicted octanol–water partition coefficient (Wildman–Crippen LogP) is 2.53. The zero-order chi connectivity index (χ0) is 17.3. The van der Waals surface area contributed by atoms with Crippen LogP contribution in [0.3, 0.4) is 0 Å². The van der Waals surface area contributed by atoms with Gasteiger partial charge in [-0.1, -0.05) is 12.1 Å². The standard InChI is InChI=1S/C16H17N2O5S/c1-23-13-8-9-14-12(11-13)5-4-10-17(14)24(21,22)16-7-3-2-6-15(16)18(19)20/h2-3,6-9,11,19H,4-5,10H2,1H3/q-1. The van der Waals surface area contributed by atoms with Gasteiger partial charge in [-0.15, -0.1) is 0 Å². The van der Waals surface area contributed by atoms with E-state index in [4.69, 9.17) is 4.74 Å². The Balaban J connectivity index is 2.10. The molecule has 128 valence electrons. The van der Waals surface area contributed by atoms with E-state index in [2.05, 4.69) is 0 Å². The molecule has 8 heteroatoms. The van der Waals surface area contributed by atoms with Crippen molar-refractivity contribution in [1.29, 1.82) is 0 Å². The van der Waals surface area contributed by atoms with Crippen LogP contribution in [0.4, 0.5) is 11.4 Å². The second kappa shape index (κ2) is 6.31. The molecule has 1 N–H and O–H groups in total. The predicted molar refractivity (Wildman–Crippen MR) is 89.9 cm³/mol. The van der Waals surface area contributed by atoms with Crippen LogP contribution in [0.2, 0.25) is 0 Å². The molecule has 2 aromatic carbocycles. The molecule has 0 radical (unpaired) electrons. The first kappa shape index (κ1) is 16.6. The molecular weight excluding hydrogens is 332 g/mol. The summed E-state index contributed by atoms with van der Waals surface area (Å²) in [7, 11) is -2.42. The Kier molecular flexibility index (Phi) is 4.35. The van der Waals surface area contributed by atoms with Gasteiger partial charge in [-0.05, 0) is 48.7 Å². The lowest BCUT2D eigenvalue weighted by atomic mass is 10.0. The summed E-state index contributed by atoms with van der Waals surface area (Å²) < 4.78 is 32.6. The summed E-state index contributed by atoms with van der Waals surface area (Å²) >= 11 is 0. The van der Waals surface area contributed by atoms with Crippen LogP contribution < -0.4 is 14.3 Å². The molecule has 0 atom stereocenters. The third-order valence-corrected chi connectivity index (χ3v) is 5.86. The first-order valence-electron chi connectivity index (χ1n) is 7.40. The van der Waals surface area contributed by atoms with Gasteiger partial charge < -0.3 is 15.2 Å². The van der Waals surface area contributed by atoms with Gasteiger partial charge in [0.15, 0.2) is 0 Å². The summed E-state index contributed by atoms with van der Waals surface area (Å²) in [6.45, 7) is 0.306. The van der Waals surface area contributed by atoms with Crippen molar-refractivity contribution in [3.63, 3.8) is 0 Å². The molecule has 0 aliphatic carbocycles. The summed E-state index contributed by atoms with van der Waals surface area (Å²) in [5.41, 5.74) is 1.12. The van der Waals surface area contributed by atoms with Crippen LogP contribution in [0, 0.1) is 5.21 Å². The largest absolute Gasteiger partial charge is 0.733 e. The monoisotopic (exact) mass is 349 g/mol. The summed E-state index contributed by atoms with van der Waals surface area (Å²) in [6, 6.07) is 10.8. The SMILES string of the molecule is COc1ccc2c(c1)CCCN2S(=O)(=O)c1ccccc1N([O-])O. The van der Waals surface area contributed by atoms with E-state index >= 15 is 0 Å². The van der Waals surface area contributed by atoms with Crippen molar-refractivity contribution in [1.82, 2.24) is 0 Å². The van der Waals surface area contributed by atoms with Crippen LogP contribution in [0.25, 0.3) is 0 Å². The van der Waals surface area contributed by atoms with Gasteiger partial charge in [0.05, 0.1) is 18.5 Å². The van der Waals surface area contributed by atoms with Gasteiger partial charge in [0.25, 0.3) is 10.0 Å². The molecule has 1 aliphatic heterocycles. The maximum Gasteiger partial charge on any atom is 0.266 e. The van der Waals surface area contributed by atoms with Gasteiger partial charge in [-0.2, -0.15) is 0 Å². The van der Waals surface area contributed by atoms with Gasteiger partial charge in [-0.3, -0.25) is 9.51 Å². The van der Waals surface area contributed by atoms with Crippen molar-refractivity contribution in [3.8, 4) is 5.75 Å². The Morgan fingerprint density at radius 3 is 2.71 bits per heavy atom. The van der Waals surface area contributed by atoms with Crippen LogP contribution in [0.1, 0.15) is 12.0 Å². The summed E-state index contributed by atoms with van der Waals surface area (Å²) in [6.07, 6.45) is 1.40. The highest BCUT2D eigenvalue weighted by molar-refractivity contribution is 7.93. The van der Waals surface area contributed by atoms with Crippen molar-refractivity contribution >= 4 is 21.4 Å². The van der Waals surface area contributed by atoms with Gasteiger partial charge in [-0.25, -0.2) is 8.42 Å². The fraction of sp³-hybridized carbons (Fsp3) is 0.250. The van der Waals surface area contributed by atoms with Crippen molar-refractivity contribution in [2.75, 3.05) is 23.2 Å². The van der Waals surface area contributed by atoms with E-state index in [1.807, 2.05) is 6.07 Å². The number of fused-ring (bicyclic) bond motifs is 1. The normalized spacial score (nSPS) is 14.2. The second-order valence-corrected chi connectivity index (χ2v) is 7.25. The highest BCUT2D eigenvalue weighted by Crippen LogP contribution is 2.36. The van der Waals surface area contributed by atoms with Crippen molar-refractivity contribution in [3.05, 3.63) is 53.2 Å². The molecule has 24 heavy (non-hydrogen) atoms. The molecule has 0 amide bonds. The van der Waals surface area contributed by atoms with Crippen LogP contribution in [0.5, 0.6) is 5.75 Å². The number of aryl methyl sites for hydroxylation is 1. The van der Waals surface area contributed by atoms with Gasteiger partial charge in [0, 0.05) is 6.54 Å². The maximum atomic E-state index is 13.0. The zero-order valence-corrected chi connectivity index (χ0v) is 13.9. The third kappa shape index (κ3) is 2.79. The number of methoxy groups -OCH3 is 1. The number of nitrogens with zero attached hydrogens (tertiary/aromatic N) is 2. The number of sulfonamides is 1. The van der Waals surface area contributed by atoms with Crippen molar-refractivity contribution in [2.24, 2.45) is 0 Å². The Hall–Kier alpha value is -2.29. The van der Waals surface area contributed by atoms with Gasteiger partial charge in [0.2, 0.25) is 0 Å². The number of anilines is 2. The van der Waals surface area contributed by atoms with E-state index in [0.717, 1.165) is 12.0 Å². The summed E-state index contributed by atoms with van der Waals surface area (Å²) in [5, 5.41) is 20.1. The Morgan fingerprint density at radius 1 is 1.25 bits per heavy atom. The van der Waals surface area contributed by atoms with Crippen LogP contribution in [-0.4, -0.2) is 27.3 Å². The van der Waals surface area contributed by atoms with Crippen molar-refractivity contribution in [2.45, 2.75) is 17.7 Å². The summed E-state index contributed by atoms with van der Waals surface area (Å²) in [4.78, 5) is -0.230. The summed E-state index contributed by atoms with van der Waals surface area (Å²) in [5.74, 6) is 0.662. The number of para-hydroxylation sites is 1. The molecule has 0 spiro atoms. The first-order valence-corrected chi connectivity index (χ1v) is 8.84. The smallest absolute Gasteiger partial charge is 0.266 e. The quantitative estimate of drug-likeness (QED) is 0.853. The lowest BCUT2D eigenvalue weighted by molar-refractivity contribution is 0.294. The molecule has 0 saturated heterocycles. The molecular formula is C16H17N2O5S-. The Morgan fingerprint density at radius 2 is 2.00 bits per heavy atom. The zero-order valence-electron chi connectivity index (χ0n) is 13.0.